The summed E-state index contributed by atoms with van der Waals surface area (Å²) in [7, 11) is 1.77. The van der Waals surface area contributed by atoms with Crippen LogP contribution in [0.1, 0.15) is 59.3 Å². The van der Waals surface area contributed by atoms with E-state index in [-0.39, 0.29) is 18.3 Å². The van der Waals surface area contributed by atoms with Gasteiger partial charge in [-0.05, 0) is 46.0 Å². The van der Waals surface area contributed by atoms with Crippen LogP contribution >= 0.6 is 0 Å². The monoisotopic (exact) mass is 459 g/mol. The summed E-state index contributed by atoms with van der Waals surface area (Å²) in [4.78, 5) is 11.5. The van der Waals surface area contributed by atoms with Gasteiger partial charge in [-0.3, -0.25) is 4.99 Å². The van der Waals surface area contributed by atoms with E-state index in [0.29, 0.717) is 38.2 Å². The largest absolute Gasteiger partial charge is 0.421 e. The number of amidine groups is 2. The Labute approximate surface area is 190 Å². The van der Waals surface area contributed by atoms with Gasteiger partial charge in [0.2, 0.25) is 0 Å². The van der Waals surface area contributed by atoms with Crippen molar-refractivity contribution < 1.29 is 13.2 Å². The standard InChI is InChI=1S/C22H40F3N7/c1-6-10-18(11-7-2)30-14-17(8-3)20(26)31-16-32-21(29-13-9-12-27-4)19(15-28-5)22(23,24)25/h14-15,18,27,30H,5-13,16H2,1-4H3,(H2,26,31)(H,29,32)/b17-14-,19-15+. The van der Waals surface area contributed by atoms with Crippen LogP contribution in [0.3, 0.4) is 0 Å². The fourth-order valence-corrected chi connectivity index (χ4v) is 2.94. The normalized spacial score (nSPS) is 14.1. The van der Waals surface area contributed by atoms with Gasteiger partial charge >= 0.3 is 6.18 Å². The average molecular weight is 460 g/mol. The molecule has 0 aliphatic rings. The highest BCUT2D eigenvalue weighted by molar-refractivity contribution is 6.00. The molecule has 0 amide bonds. The molecule has 10 heteroatoms. The summed E-state index contributed by atoms with van der Waals surface area (Å²) in [6.45, 7) is 10.1. The van der Waals surface area contributed by atoms with Crippen molar-refractivity contribution in [3.05, 3.63) is 23.5 Å². The van der Waals surface area contributed by atoms with Gasteiger partial charge in [0.15, 0.2) is 0 Å². The van der Waals surface area contributed by atoms with Gasteiger partial charge in [0.1, 0.15) is 23.9 Å². The topological polar surface area (TPSA) is 99.2 Å². The van der Waals surface area contributed by atoms with E-state index < -0.39 is 11.7 Å². The first-order valence-corrected chi connectivity index (χ1v) is 11.2. The van der Waals surface area contributed by atoms with Gasteiger partial charge < -0.3 is 21.7 Å². The van der Waals surface area contributed by atoms with Crippen LogP contribution in [0.15, 0.2) is 38.5 Å². The Bertz CT molecular complexity index is 646. The first-order valence-electron chi connectivity index (χ1n) is 11.2. The number of hydrogen-bond donors (Lipinski definition) is 4. The van der Waals surface area contributed by atoms with Crippen molar-refractivity contribution in [3.63, 3.8) is 0 Å². The maximum atomic E-state index is 13.4. The smallest absolute Gasteiger partial charge is 0.388 e. The number of nitrogens with one attached hydrogen (secondary N) is 3. The maximum Gasteiger partial charge on any atom is 0.421 e. The van der Waals surface area contributed by atoms with Crippen molar-refractivity contribution in [3.8, 4) is 0 Å². The van der Waals surface area contributed by atoms with Crippen LogP contribution in [-0.4, -0.2) is 57.4 Å². The maximum absolute atomic E-state index is 13.4. The molecular weight excluding hydrogens is 419 g/mol. The molecule has 0 aliphatic heterocycles. The molecule has 0 aliphatic carbocycles. The van der Waals surface area contributed by atoms with E-state index in [9.17, 15) is 13.2 Å². The number of nitrogens with two attached hydrogens (primary N) is 1. The van der Waals surface area contributed by atoms with Crippen molar-refractivity contribution in [1.82, 2.24) is 16.0 Å². The Hall–Kier alpha value is -2.36. The summed E-state index contributed by atoms with van der Waals surface area (Å²) in [5.41, 5.74) is 5.88. The lowest BCUT2D eigenvalue weighted by atomic mass is 10.1. The summed E-state index contributed by atoms with van der Waals surface area (Å²) in [5.74, 6) is -0.0759. The minimum Gasteiger partial charge on any atom is -0.388 e. The van der Waals surface area contributed by atoms with E-state index >= 15 is 0 Å². The number of alkyl halides is 3. The lowest BCUT2D eigenvalue weighted by molar-refractivity contribution is -0.0865. The summed E-state index contributed by atoms with van der Waals surface area (Å²) < 4.78 is 40.3. The first-order chi connectivity index (χ1) is 15.2. The highest BCUT2D eigenvalue weighted by Crippen LogP contribution is 2.26. The Balaban J connectivity index is 5.51. The van der Waals surface area contributed by atoms with E-state index in [1.807, 2.05) is 13.1 Å². The van der Waals surface area contributed by atoms with Crippen LogP contribution < -0.4 is 21.7 Å². The molecule has 0 saturated carbocycles. The Morgan fingerprint density at radius 3 is 2.25 bits per heavy atom. The predicted molar refractivity (Wildman–Crippen MR) is 129 cm³/mol. The zero-order valence-corrected chi connectivity index (χ0v) is 19.9. The van der Waals surface area contributed by atoms with Gasteiger partial charge in [-0.15, -0.1) is 0 Å². The minimum absolute atomic E-state index is 0.241. The van der Waals surface area contributed by atoms with Crippen LogP contribution in [-0.2, 0) is 0 Å². The van der Waals surface area contributed by atoms with Crippen LogP contribution in [0.2, 0.25) is 0 Å². The number of hydrogen-bond acceptors (Lipinski definition) is 5. The molecule has 184 valence electrons. The second kappa shape index (κ2) is 17.2. The van der Waals surface area contributed by atoms with Gasteiger partial charge in [0, 0.05) is 30.6 Å². The summed E-state index contributed by atoms with van der Waals surface area (Å²) in [5, 5.41) is 9.06. The molecule has 32 heavy (non-hydrogen) atoms. The third kappa shape index (κ3) is 12.5. The van der Waals surface area contributed by atoms with E-state index in [2.05, 4.69) is 51.5 Å². The summed E-state index contributed by atoms with van der Waals surface area (Å²) in [6.07, 6.45) is 3.40. The van der Waals surface area contributed by atoms with E-state index in [1.165, 1.54) is 0 Å². The summed E-state index contributed by atoms with van der Waals surface area (Å²) >= 11 is 0. The zero-order valence-electron chi connectivity index (χ0n) is 19.9. The molecule has 0 rings (SSSR count). The van der Waals surface area contributed by atoms with Crippen molar-refractivity contribution in [2.24, 2.45) is 20.7 Å². The Morgan fingerprint density at radius 1 is 1.09 bits per heavy atom. The minimum atomic E-state index is -4.63. The predicted octanol–water partition coefficient (Wildman–Crippen LogP) is 3.90. The van der Waals surface area contributed by atoms with Gasteiger partial charge in [-0.1, -0.05) is 33.6 Å². The lowest BCUT2D eigenvalue weighted by Crippen LogP contribution is -2.34. The van der Waals surface area contributed by atoms with E-state index in [4.69, 9.17) is 5.73 Å². The average Bonchev–Trinajstić information content (AvgIpc) is 2.73. The molecule has 0 saturated heterocycles. The molecule has 0 aromatic rings. The van der Waals surface area contributed by atoms with E-state index in [1.54, 1.807) is 7.05 Å². The molecule has 7 nitrogen and oxygen atoms in total. The zero-order chi connectivity index (χ0) is 24.4. The Morgan fingerprint density at radius 2 is 1.75 bits per heavy atom. The molecule has 0 aromatic heterocycles. The SMILES string of the molecule is C=N/C=C(\C(=N/C/N=C(N)/C(=C\NC(CCC)CCC)CC)NCCCNC)C(F)(F)F. The fourth-order valence-electron chi connectivity index (χ4n) is 2.94. The molecule has 0 unspecified atom stereocenters. The number of nitrogens with zero attached hydrogens (tertiary/aromatic N) is 3. The molecule has 0 heterocycles. The molecule has 0 radical (unpaired) electrons. The van der Waals surface area contributed by atoms with Crippen molar-refractivity contribution >= 4 is 18.4 Å². The van der Waals surface area contributed by atoms with Gasteiger partial charge in [-0.2, -0.15) is 13.2 Å². The van der Waals surface area contributed by atoms with Crippen LogP contribution in [0, 0.1) is 0 Å². The third-order valence-electron chi connectivity index (χ3n) is 4.62. The van der Waals surface area contributed by atoms with Crippen molar-refractivity contribution in [2.45, 2.75) is 71.5 Å². The van der Waals surface area contributed by atoms with Gasteiger partial charge in [0.25, 0.3) is 0 Å². The highest BCUT2D eigenvalue weighted by Gasteiger charge is 2.37. The second-order valence-corrected chi connectivity index (χ2v) is 7.26. The lowest BCUT2D eigenvalue weighted by Gasteiger charge is -2.17. The number of aliphatic imine (C=N–C) groups is 3. The summed E-state index contributed by atoms with van der Waals surface area (Å²) in [6, 6.07) is 0.358. The van der Waals surface area contributed by atoms with Gasteiger partial charge in [-0.25, -0.2) is 9.98 Å². The van der Waals surface area contributed by atoms with Gasteiger partial charge in [0.05, 0.1) is 0 Å². The molecule has 0 atom stereocenters. The molecule has 5 N–H and O–H groups in total. The van der Waals surface area contributed by atoms with E-state index in [0.717, 1.165) is 31.3 Å². The molecular formula is C22H40F3N7. The number of halogens is 3. The van der Waals surface area contributed by atoms with Crippen LogP contribution in [0.4, 0.5) is 13.2 Å². The third-order valence-corrected chi connectivity index (χ3v) is 4.62. The first kappa shape index (κ1) is 29.6. The number of rotatable bonds is 16. The van der Waals surface area contributed by atoms with Crippen LogP contribution in [0.25, 0.3) is 0 Å². The van der Waals surface area contributed by atoms with Crippen molar-refractivity contribution in [1.29, 1.82) is 0 Å². The molecule has 0 fully saturated rings. The van der Waals surface area contributed by atoms with Crippen molar-refractivity contribution in [2.75, 3.05) is 26.8 Å². The molecule has 0 aromatic carbocycles. The second-order valence-electron chi connectivity index (χ2n) is 7.26. The quantitative estimate of drug-likeness (QED) is 0.160. The highest BCUT2D eigenvalue weighted by atomic mass is 19.4. The molecule has 0 bridgehead atoms. The molecule has 0 spiro atoms. The Kier molecular flexibility index (Phi) is 16.0. The van der Waals surface area contributed by atoms with Crippen LogP contribution in [0.5, 0.6) is 0 Å². The fraction of sp³-hybridized carbons (Fsp3) is 0.682.